The molecule has 0 fully saturated rings. The Balaban J connectivity index is 2.23. The lowest BCUT2D eigenvalue weighted by molar-refractivity contribution is -0.384. The van der Waals surface area contributed by atoms with Crippen LogP contribution < -0.4 is 0 Å². The van der Waals surface area contributed by atoms with Gasteiger partial charge in [0.25, 0.3) is 5.69 Å². The predicted molar refractivity (Wildman–Crippen MR) is 88.0 cm³/mol. The standard InChI is InChI=1S/C15H17N5O2S/c1-3-19-14(12-6-8-13(9-7-12)20(21)22)17-18-15(19)23-11(2)5-4-10-16/h6-9,11H,3-5H2,1-2H3/t11-/m1/s1. The molecule has 23 heavy (non-hydrogen) atoms. The summed E-state index contributed by atoms with van der Waals surface area (Å²) in [7, 11) is 0. The first-order valence-corrected chi connectivity index (χ1v) is 8.16. The Morgan fingerprint density at radius 2 is 2.09 bits per heavy atom. The van der Waals surface area contributed by atoms with Gasteiger partial charge in [0.05, 0.1) is 11.0 Å². The van der Waals surface area contributed by atoms with Crippen LogP contribution in [0.1, 0.15) is 26.7 Å². The van der Waals surface area contributed by atoms with Crippen molar-refractivity contribution in [3.63, 3.8) is 0 Å². The van der Waals surface area contributed by atoms with Gasteiger partial charge in [-0.15, -0.1) is 10.2 Å². The Morgan fingerprint density at radius 3 is 2.65 bits per heavy atom. The van der Waals surface area contributed by atoms with E-state index in [1.54, 1.807) is 23.9 Å². The van der Waals surface area contributed by atoms with Crippen LogP contribution in [-0.2, 0) is 6.54 Å². The monoisotopic (exact) mass is 331 g/mol. The van der Waals surface area contributed by atoms with Crippen LogP contribution in [0.3, 0.4) is 0 Å². The Labute approximate surface area is 138 Å². The van der Waals surface area contributed by atoms with E-state index in [1.807, 2.05) is 11.5 Å². The summed E-state index contributed by atoms with van der Waals surface area (Å²) in [5.41, 5.74) is 0.845. The van der Waals surface area contributed by atoms with Crippen molar-refractivity contribution in [1.29, 1.82) is 5.26 Å². The Bertz CT molecular complexity index is 720. The van der Waals surface area contributed by atoms with E-state index in [2.05, 4.69) is 23.2 Å². The molecule has 0 aliphatic rings. The molecule has 120 valence electrons. The second-order valence-electron chi connectivity index (χ2n) is 4.98. The van der Waals surface area contributed by atoms with E-state index in [0.29, 0.717) is 18.8 Å². The third-order valence-corrected chi connectivity index (χ3v) is 4.49. The summed E-state index contributed by atoms with van der Waals surface area (Å²) in [5.74, 6) is 0.692. The van der Waals surface area contributed by atoms with E-state index < -0.39 is 4.92 Å². The fraction of sp³-hybridized carbons (Fsp3) is 0.400. The summed E-state index contributed by atoms with van der Waals surface area (Å²) < 4.78 is 1.98. The van der Waals surface area contributed by atoms with Crippen LogP contribution in [0.2, 0.25) is 0 Å². The lowest BCUT2D eigenvalue weighted by atomic mass is 10.2. The van der Waals surface area contributed by atoms with Crippen LogP contribution >= 0.6 is 11.8 Å². The molecule has 0 N–H and O–H groups in total. The second-order valence-corrected chi connectivity index (χ2v) is 6.39. The molecule has 0 bridgehead atoms. The van der Waals surface area contributed by atoms with E-state index in [-0.39, 0.29) is 10.9 Å². The van der Waals surface area contributed by atoms with Crippen LogP contribution in [0.5, 0.6) is 0 Å². The van der Waals surface area contributed by atoms with E-state index in [4.69, 9.17) is 5.26 Å². The molecular formula is C15H17N5O2S. The molecule has 1 atom stereocenters. The number of hydrogen-bond acceptors (Lipinski definition) is 6. The third kappa shape index (κ3) is 4.07. The number of nitriles is 1. The number of hydrogen-bond donors (Lipinski definition) is 0. The first-order chi connectivity index (χ1) is 11.1. The second kappa shape index (κ2) is 7.74. The topological polar surface area (TPSA) is 97.6 Å². The molecule has 1 aromatic carbocycles. The maximum atomic E-state index is 10.7. The fourth-order valence-corrected chi connectivity index (χ4v) is 3.14. The van der Waals surface area contributed by atoms with Crippen molar-refractivity contribution in [2.24, 2.45) is 0 Å². The number of thioether (sulfide) groups is 1. The minimum Gasteiger partial charge on any atom is -0.302 e. The highest BCUT2D eigenvalue weighted by Crippen LogP contribution is 2.29. The van der Waals surface area contributed by atoms with Crippen LogP contribution in [0, 0.1) is 21.4 Å². The van der Waals surface area contributed by atoms with Crippen molar-refractivity contribution < 1.29 is 4.92 Å². The molecule has 8 heteroatoms. The lowest BCUT2D eigenvalue weighted by Gasteiger charge is -2.10. The Kier molecular flexibility index (Phi) is 5.71. The van der Waals surface area contributed by atoms with Gasteiger partial charge in [-0.3, -0.25) is 10.1 Å². The molecule has 0 aliphatic heterocycles. The van der Waals surface area contributed by atoms with Crippen molar-refractivity contribution in [2.75, 3.05) is 0 Å². The molecule has 0 unspecified atom stereocenters. The van der Waals surface area contributed by atoms with Crippen molar-refractivity contribution >= 4 is 17.4 Å². The smallest absolute Gasteiger partial charge is 0.269 e. The number of rotatable bonds is 7. The quantitative estimate of drug-likeness (QED) is 0.436. The first-order valence-electron chi connectivity index (χ1n) is 7.28. The number of aromatic nitrogens is 3. The molecular weight excluding hydrogens is 314 g/mol. The van der Waals surface area contributed by atoms with Gasteiger partial charge in [-0.2, -0.15) is 5.26 Å². The third-order valence-electron chi connectivity index (χ3n) is 3.34. The van der Waals surface area contributed by atoms with Gasteiger partial charge < -0.3 is 4.57 Å². The molecule has 2 rings (SSSR count). The summed E-state index contributed by atoms with van der Waals surface area (Å²) in [6.45, 7) is 4.76. The zero-order chi connectivity index (χ0) is 16.8. The molecule has 0 saturated carbocycles. The highest BCUT2D eigenvalue weighted by atomic mass is 32.2. The zero-order valence-corrected chi connectivity index (χ0v) is 13.8. The number of nitro groups is 1. The Morgan fingerprint density at radius 1 is 1.39 bits per heavy atom. The van der Waals surface area contributed by atoms with Crippen molar-refractivity contribution in [3.8, 4) is 17.5 Å². The highest BCUT2D eigenvalue weighted by molar-refractivity contribution is 7.99. The van der Waals surface area contributed by atoms with Gasteiger partial charge in [0.15, 0.2) is 11.0 Å². The van der Waals surface area contributed by atoms with E-state index in [9.17, 15) is 10.1 Å². The molecule has 0 spiro atoms. The predicted octanol–water partition coefficient (Wildman–Crippen LogP) is 3.66. The average molecular weight is 331 g/mol. The van der Waals surface area contributed by atoms with Gasteiger partial charge >= 0.3 is 0 Å². The van der Waals surface area contributed by atoms with Crippen molar-refractivity contribution in [1.82, 2.24) is 14.8 Å². The molecule has 2 aromatic rings. The summed E-state index contributed by atoms with van der Waals surface area (Å²) in [6, 6.07) is 8.44. The van der Waals surface area contributed by atoms with Gasteiger partial charge in [-0.05, 0) is 25.5 Å². The molecule has 7 nitrogen and oxygen atoms in total. The maximum absolute atomic E-state index is 10.7. The van der Waals surface area contributed by atoms with Crippen LogP contribution in [-0.4, -0.2) is 24.9 Å². The van der Waals surface area contributed by atoms with Gasteiger partial charge in [0, 0.05) is 35.9 Å². The normalized spacial score (nSPS) is 11.9. The lowest BCUT2D eigenvalue weighted by Crippen LogP contribution is -2.03. The number of benzene rings is 1. The largest absolute Gasteiger partial charge is 0.302 e. The highest BCUT2D eigenvalue weighted by Gasteiger charge is 2.16. The number of nitro benzene ring substituents is 1. The molecule has 0 radical (unpaired) electrons. The molecule has 0 amide bonds. The van der Waals surface area contributed by atoms with Crippen LogP contribution in [0.25, 0.3) is 11.4 Å². The van der Waals surface area contributed by atoms with Gasteiger partial charge in [-0.25, -0.2) is 0 Å². The minimum absolute atomic E-state index is 0.0519. The minimum atomic E-state index is -0.424. The first kappa shape index (κ1) is 17.0. The molecule has 1 heterocycles. The van der Waals surface area contributed by atoms with E-state index in [1.165, 1.54) is 12.1 Å². The average Bonchev–Trinajstić information content (AvgIpc) is 2.95. The SMILES string of the molecule is CCn1c(S[C@H](C)CCC#N)nnc1-c1ccc([N+](=O)[O-])cc1. The van der Waals surface area contributed by atoms with E-state index in [0.717, 1.165) is 17.1 Å². The van der Waals surface area contributed by atoms with Crippen LogP contribution in [0.15, 0.2) is 29.4 Å². The number of nitrogens with zero attached hydrogens (tertiary/aromatic N) is 5. The van der Waals surface area contributed by atoms with Gasteiger partial charge in [-0.1, -0.05) is 18.7 Å². The van der Waals surface area contributed by atoms with Gasteiger partial charge in [0.1, 0.15) is 0 Å². The zero-order valence-electron chi connectivity index (χ0n) is 13.0. The molecule has 0 aliphatic carbocycles. The summed E-state index contributed by atoms with van der Waals surface area (Å²) in [6.07, 6.45) is 1.31. The van der Waals surface area contributed by atoms with E-state index >= 15 is 0 Å². The van der Waals surface area contributed by atoms with Crippen molar-refractivity contribution in [3.05, 3.63) is 34.4 Å². The van der Waals surface area contributed by atoms with Gasteiger partial charge in [0.2, 0.25) is 0 Å². The fourth-order valence-electron chi connectivity index (χ4n) is 2.11. The maximum Gasteiger partial charge on any atom is 0.269 e. The van der Waals surface area contributed by atoms with Crippen LogP contribution in [0.4, 0.5) is 5.69 Å². The molecule has 0 saturated heterocycles. The summed E-state index contributed by atoms with van der Waals surface area (Å²) in [4.78, 5) is 10.3. The molecule has 1 aromatic heterocycles. The summed E-state index contributed by atoms with van der Waals surface area (Å²) in [5, 5.41) is 28.9. The van der Waals surface area contributed by atoms with Crippen molar-refractivity contribution in [2.45, 2.75) is 43.6 Å². The number of non-ortho nitro benzene ring substituents is 1. The summed E-state index contributed by atoms with van der Waals surface area (Å²) >= 11 is 1.59. The Hall–Kier alpha value is -2.40.